The van der Waals surface area contributed by atoms with Crippen LogP contribution < -0.4 is 10.6 Å². The van der Waals surface area contributed by atoms with Crippen LogP contribution in [0.3, 0.4) is 0 Å². The predicted molar refractivity (Wildman–Crippen MR) is 108 cm³/mol. The number of rotatable bonds is 5. The first-order chi connectivity index (χ1) is 13.0. The Morgan fingerprint density at radius 3 is 2.70 bits per heavy atom. The fraction of sp³-hybridized carbons (Fsp3) is 0.500. The van der Waals surface area contributed by atoms with Crippen LogP contribution in [-0.2, 0) is 16.7 Å². The van der Waals surface area contributed by atoms with Gasteiger partial charge in [0, 0.05) is 37.1 Å². The second-order valence-electron chi connectivity index (χ2n) is 6.93. The lowest BCUT2D eigenvalue weighted by molar-refractivity contribution is 0.0513. The molecule has 1 aliphatic rings. The van der Waals surface area contributed by atoms with E-state index in [-0.39, 0.29) is 11.2 Å². The van der Waals surface area contributed by atoms with E-state index in [0.717, 1.165) is 35.1 Å². The van der Waals surface area contributed by atoms with E-state index in [2.05, 4.69) is 27.5 Å². The standard InChI is InChI=1S/C20H27FN4OS/c1-14-15(2)27-18(25-14)12-23-19(22-3)24-13-20(7-9-26-10-8-20)16-5-4-6-17(21)11-16/h4-6,11H,7-10,12-13H2,1-3H3,(H2,22,23,24). The average molecular weight is 391 g/mol. The molecular weight excluding hydrogens is 363 g/mol. The molecule has 1 fully saturated rings. The van der Waals surface area contributed by atoms with Crippen LogP contribution in [-0.4, -0.2) is 37.7 Å². The predicted octanol–water partition coefficient (Wildman–Crippen LogP) is 3.31. The van der Waals surface area contributed by atoms with E-state index in [4.69, 9.17) is 4.74 Å². The summed E-state index contributed by atoms with van der Waals surface area (Å²) in [4.78, 5) is 10.1. The summed E-state index contributed by atoms with van der Waals surface area (Å²) in [6.45, 7) is 6.78. The first kappa shape index (κ1) is 19.8. The van der Waals surface area contributed by atoms with Crippen LogP contribution >= 0.6 is 11.3 Å². The number of hydrogen-bond acceptors (Lipinski definition) is 4. The number of nitrogens with one attached hydrogen (secondary N) is 2. The van der Waals surface area contributed by atoms with Gasteiger partial charge < -0.3 is 15.4 Å². The van der Waals surface area contributed by atoms with Crippen molar-refractivity contribution in [3.63, 3.8) is 0 Å². The van der Waals surface area contributed by atoms with Crippen molar-refractivity contribution in [2.24, 2.45) is 4.99 Å². The number of hydrogen-bond donors (Lipinski definition) is 2. The number of nitrogens with zero attached hydrogens (tertiary/aromatic N) is 2. The van der Waals surface area contributed by atoms with Crippen molar-refractivity contribution >= 4 is 17.3 Å². The van der Waals surface area contributed by atoms with E-state index >= 15 is 0 Å². The third-order valence-corrected chi connectivity index (χ3v) is 6.26. The SMILES string of the molecule is CN=C(NCc1nc(C)c(C)s1)NCC1(c2cccc(F)c2)CCOCC1. The second kappa shape index (κ2) is 8.80. The van der Waals surface area contributed by atoms with E-state index in [9.17, 15) is 4.39 Å². The maximum absolute atomic E-state index is 13.8. The van der Waals surface area contributed by atoms with Crippen molar-refractivity contribution in [1.29, 1.82) is 0 Å². The summed E-state index contributed by atoms with van der Waals surface area (Å²) in [5.41, 5.74) is 1.93. The molecule has 0 spiro atoms. The van der Waals surface area contributed by atoms with Gasteiger partial charge in [-0.2, -0.15) is 0 Å². The summed E-state index contributed by atoms with van der Waals surface area (Å²) >= 11 is 1.70. The minimum absolute atomic E-state index is 0.160. The Kier molecular flexibility index (Phi) is 6.44. The van der Waals surface area contributed by atoms with Gasteiger partial charge in [-0.3, -0.25) is 4.99 Å². The average Bonchev–Trinajstić information content (AvgIpc) is 3.00. The molecule has 0 unspecified atom stereocenters. The highest BCUT2D eigenvalue weighted by molar-refractivity contribution is 7.11. The number of aliphatic imine (C=N–C) groups is 1. The summed E-state index contributed by atoms with van der Waals surface area (Å²) < 4.78 is 19.4. The van der Waals surface area contributed by atoms with E-state index in [1.807, 2.05) is 13.0 Å². The van der Waals surface area contributed by atoms with Gasteiger partial charge in [-0.15, -0.1) is 11.3 Å². The molecule has 0 atom stereocenters. The van der Waals surface area contributed by atoms with E-state index in [0.29, 0.717) is 26.3 Å². The highest BCUT2D eigenvalue weighted by Crippen LogP contribution is 2.34. The van der Waals surface area contributed by atoms with Gasteiger partial charge in [0.25, 0.3) is 0 Å². The molecule has 7 heteroatoms. The van der Waals surface area contributed by atoms with Gasteiger partial charge in [0.2, 0.25) is 0 Å². The Labute approximate surface area is 164 Å². The third-order valence-electron chi connectivity index (χ3n) is 5.18. The summed E-state index contributed by atoms with van der Waals surface area (Å²) in [5, 5.41) is 7.80. The van der Waals surface area contributed by atoms with E-state index < -0.39 is 0 Å². The normalized spacial score (nSPS) is 17.0. The molecule has 1 aromatic heterocycles. The van der Waals surface area contributed by atoms with Gasteiger partial charge in [0.1, 0.15) is 10.8 Å². The van der Waals surface area contributed by atoms with Crippen molar-refractivity contribution in [3.05, 3.63) is 51.2 Å². The molecule has 5 nitrogen and oxygen atoms in total. The van der Waals surface area contributed by atoms with Gasteiger partial charge in [0.15, 0.2) is 5.96 Å². The van der Waals surface area contributed by atoms with Crippen LogP contribution in [0.4, 0.5) is 4.39 Å². The molecule has 2 heterocycles. The molecule has 146 valence electrons. The molecule has 2 N–H and O–H groups in total. The first-order valence-corrected chi connectivity index (χ1v) is 10.1. The number of aryl methyl sites for hydroxylation is 2. The van der Waals surface area contributed by atoms with Gasteiger partial charge in [-0.25, -0.2) is 9.37 Å². The summed E-state index contributed by atoms with van der Waals surface area (Å²) in [7, 11) is 1.76. The van der Waals surface area contributed by atoms with Crippen LogP contribution in [0, 0.1) is 19.7 Å². The van der Waals surface area contributed by atoms with Gasteiger partial charge in [0.05, 0.1) is 12.2 Å². The molecule has 0 aliphatic carbocycles. The lowest BCUT2D eigenvalue weighted by Crippen LogP contribution is -2.48. The summed E-state index contributed by atoms with van der Waals surface area (Å²) in [6.07, 6.45) is 1.70. The number of thiazole rings is 1. The zero-order valence-electron chi connectivity index (χ0n) is 16.1. The smallest absolute Gasteiger partial charge is 0.191 e. The van der Waals surface area contributed by atoms with Crippen LogP contribution in [0.5, 0.6) is 0 Å². The second-order valence-corrected chi connectivity index (χ2v) is 8.22. The lowest BCUT2D eigenvalue weighted by Gasteiger charge is -2.38. The highest BCUT2D eigenvalue weighted by Gasteiger charge is 2.34. The fourth-order valence-electron chi connectivity index (χ4n) is 3.40. The monoisotopic (exact) mass is 390 g/mol. The summed E-state index contributed by atoms with van der Waals surface area (Å²) in [6, 6.07) is 6.92. The summed E-state index contributed by atoms with van der Waals surface area (Å²) in [5.74, 6) is 0.526. The molecule has 1 saturated heterocycles. The minimum Gasteiger partial charge on any atom is -0.381 e. The van der Waals surface area contributed by atoms with Crippen molar-refractivity contribution < 1.29 is 9.13 Å². The molecule has 1 aliphatic heterocycles. The molecule has 3 rings (SSSR count). The zero-order chi connectivity index (χ0) is 19.3. The number of ether oxygens (including phenoxy) is 1. The van der Waals surface area contributed by atoms with Crippen LogP contribution in [0.2, 0.25) is 0 Å². The molecule has 27 heavy (non-hydrogen) atoms. The molecule has 0 saturated carbocycles. The number of halogens is 1. The molecular formula is C20H27FN4OS. The van der Waals surface area contributed by atoms with Gasteiger partial charge in [-0.1, -0.05) is 12.1 Å². The van der Waals surface area contributed by atoms with E-state index in [1.54, 1.807) is 30.5 Å². The number of benzene rings is 1. The van der Waals surface area contributed by atoms with Gasteiger partial charge >= 0.3 is 0 Å². The third kappa shape index (κ3) is 4.84. The van der Waals surface area contributed by atoms with Gasteiger partial charge in [-0.05, 0) is 44.4 Å². The van der Waals surface area contributed by atoms with Crippen LogP contribution in [0.1, 0.15) is 34.0 Å². The van der Waals surface area contributed by atoms with Crippen LogP contribution in [0.15, 0.2) is 29.3 Å². The Bertz CT molecular complexity index is 780. The van der Waals surface area contributed by atoms with E-state index in [1.165, 1.54) is 10.9 Å². The van der Waals surface area contributed by atoms with Crippen molar-refractivity contribution in [2.45, 2.75) is 38.6 Å². The molecule has 0 amide bonds. The molecule has 2 aromatic rings. The highest BCUT2D eigenvalue weighted by atomic mass is 32.1. The lowest BCUT2D eigenvalue weighted by atomic mass is 9.74. The Morgan fingerprint density at radius 2 is 2.07 bits per heavy atom. The van der Waals surface area contributed by atoms with Crippen molar-refractivity contribution in [2.75, 3.05) is 26.8 Å². The zero-order valence-corrected chi connectivity index (χ0v) is 17.0. The van der Waals surface area contributed by atoms with Crippen LogP contribution in [0.25, 0.3) is 0 Å². The molecule has 0 radical (unpaired) electrons. The quantitative estimate of drug-likeness (QED) is 0.607. The maximum atomic E-state index is 13.8. The Morgan fingerprint density at radius 1 is 1.30 bits per heavy atom. The largest absolute Gasteiger partial charge is 0.381 e. The molecule has 0 bridgehead atoms. The fourth-order valence-corrected chi connectivity index (χ4v) is 4.27. The Balaban J connectivity index is 1.66. The molecule has 1 aromatic carbocycles. The first-order valence-electron chi connectivity index (χ1n) is 9.24. The van der Waals surface area contributed by atoms with Crippen molar-refractivity contribution in [3.8, 4) is 0 Å². The minimum atomic E-state index is -0.199. The maximum Gasteiger partial charge on any atom is 0.191 e. The number of aromatic nitrogens is 1. The Hall–Kier alpha value is -1.99. The number of guanidine groups is 1. The topological polar surface area (TPSA) is 58.5 Å². The van der Waals surface area contributed by atoms with Crippen molar-refractivity contribution in [1.82, 2.24) is 15.6 Å².